The van der Waals surface area contributed by atoms with Crippen LogP contribution in [0.1, 0.15) is 22.3 Å². The minimum Gasteiger partial charge on any atom is -0.208 e. The fraction of sp³-hybridized carbons (Fsp3) is 0.0141. The summed E-state index contributed by atoms with van der Waals surface area (Å²) >= 11 is 0. The number of fused-ring (bicyclic) bond motifs is 14. The number of hydrogen-bond donors (Lipinski definition) is 0. The van der Waals surface area contributed by atoms with Gasteiger partial charge in [0.05, 0.1) is 5.41 Å². The van der Waals surface area contributed by atoms with Crippen molar-refractivity contribution in [1.29, 1.82) is 0 Å². The van der Waals surface area contributed by atoms with Crippen molar-refractivity contribution in [1.82, 2.24) is 29.9 Å². The summed E-state index contributed by atoms with van der Waals surface area (Å²) in [5, 5.41) is 8.83. The fourth-order valence-corrected chi connectivity index (χ4v) is 12.8. The third-order valence-corrected chi connectivity index (χ3v) is 16.0. The fourth-order valence-electron chi connectivity index (χ4n) is 12.8. The van der Waals surface area contributed by atoms with Crippen LogP contribution >= 0.6 is 0 Å². The second-order valence-electron chi connectivity index (χ2n) is 20.0. The molecule has 0 atom stereocenters. The first-order valence-corrected chi connectivity index (χ1v) is 26.1. The standard InChI is InChI=1S/C71H42N6/c1-5-27-47-43(19-1)23-13-33-51(47)65-72-66(52-34-14-24-44-20-2-6-28-48(44)52)75-69(74-65)57-37-17-41-61-63(57)55-31-9-11-39-59(55)71(61)60-40-12-10-32-56(60)64-58(38-18-42-62(64)71)70-76-67(53-35-15-25-45-21-3-7-29-49(45)53)73-68(77-70)54-36-16-26-46-22-4-8-30-50(46)54/h1-42H. The van der Waals surface area contributed by atoms with Crippen molar-refractivity contribution in [3.8, 4) is 90.6 Å². The maximum Gasteiger partial charge on any atom is 0.164 e. The van der Waals surface area contributed by atoms with Crippen molar-refractivity contribution >= 4 is 43.1 Å². The molecule has 0 bridgehead atoms. The van der Waals surface area contributed by atoms with Gasteiger partial charge in [0.15, 0.2) is 34.9 Å². The summed E-state index contributed by atoms with van der Waals surface area (Å²) in [6.07, 6.45) is 0. The highest BCUT2D eigenvalue weighted by molar-refractivity contribution is 6.04. The third kappa shape index (κ3) is 6.42. The summed E-state index contributed by atoms with van der Waals surface area (Å²) in [6, 6.07) is 90.5. The Morgan fingerprint density at radius 3 is 0.740 bits per heavy atom. The lowest BCUT2D eigenvalue weighted by molar-refractivity contribution is 0.794. The van der Waals surface area contributed by atoms with Gasteiger partial charge in [-0.1, -0.05) is 255 Å². The van der Waals surface area contributed by atoms with E-state index in [4.69, 9.17) is 29.9 Å². The van der Waals surface area contributed by atoms with E-state index in [0.29, 0.717) is 34.9 Å². The lowest BCUT2D eigenvalue weighted by atomic mass is 9.70. The van der Waals surface area contributed by atoms with Crippen LogP contribution in [0.3, 0.4) is 0 Å². The average Bonchev–Trinajstić information content (AvgIpc) is 3.69. The molecule has 0 saturated carbocycles. The largest absolute Gasteiger partial charge is 0.208 e. The van der Waals surface area contributed by atoms with Gasteiger partial charge in [0.25, 0.3) is 0 Å². The summed E-state index contributed by atoms with van der Waals surface area (Å²) in [5.74, 6) is 3.72. The van der Waals surface area contributed by atoms with Crippen LogP contribution in [0.15, 0.2) is 255 Å². The van der Waals surface area contributed by atoms with E-state index in [2.05, 4.69) is 255 Å². The van der Waals surface area contributed by atoms with Crippen molar-refractivity contribution in [2.45, 2.75) is 5.41 Å². The van der Waals surface area contributed by atoms with E-state index >= 15 is 0 Å². The molecule has 356 valence electrons. The minimum absolute atomic E-state index is 0.613. The molecule has 0 unspecified atom stereocenters. The highest BCUT2D eigenvalue weighted by Gasteiger charge is 2.53. The highest BCUT2D eigenvalue weighted by Crippen LogP contribution is 2.65. The zero-order valence-corrected chi connectivity index (χ0v) is 41.4. The molecule has 2 aromatic heterocycles. The van der Waals surface area contributed by atoms with Crippen LogP contribution in [0.5, 0.6) is 0 Å². The molecule has 0 fully saturated rings. The maximum absolute atomic E-state index is 5.50. The van der Waals surface area contributed by atoms with E-state index in [-0.39, 0.29) is 0 Å². The van der Waals surface area contributed by atoms with E-state index in [1.165, 1.54) is 22.3 Å². The summed E-state index contributed by atoms with van der Waals surface area (Å²) in [7, 11) is 0. The minimum atomic E-state index is -0.711. The van der Waals surface area contributed by atoms with Crippen molar-refractivity contribution in [3.05, 3.63) is 277 Å². The molecular formula is C71H42N6. The smallest absolute Gasteiger partial charge is 0.164 e. The molecule has 12 aromatic carbocycles. The predicted molar refractivity (Wildman–Crippen MR) is 312 cm³/mol. The number of nitrogens with zero attached hydrogens (tertiary/aromatic N) is 6. The van der Waals surface area contributed by atoms with Gasteiger partial charge in [-0.05, 0) is 87.6 Å². The molecule has 6 nitrogen and oxygen atoms in total. The predicted octanol–water partition coefficient (Wildman–Crippen LogP) is 17.0. The molecule has 0 aliphatic heterocycles. The summed E-state index contributed by atoms with van der Waals surface area (Å²) < 4.78 is 0. The van der Waals surface area contributed by atoms with Crippen LogP contribution in [0.2, 0.25) is 0 Å². The molecule has 6 heteroatoms. The van der Waals surface area contributed by atoms with Crippen molar-refractivity contribution in [2.24, 2.45) is 0 Å². The summed E-state index contributed by atoms with van der Waals surface area (Å²) in [6.45, 7) is 0. The molecule has 77 heavy (non-hydrogen) atoms. The molecule has 16 rings (SSSR count). The second kappa shape index (κ2) is 16.9. The van der Waals surface area contributed by atoms with Gasteiger partial charge >= 0.3 is 0 Å². The van der Waals surface area contributed by atoms with Gasteiger partial charge in [-0.2, -0.15) is 0 Å². The van der Waals surface area contributed by atoms with Crippen LogP contribution in [0.4, 0.5) is 0 Å². The molecule has 2 aliphatic rings. The molecule has 0 radical (unpaired) electrons. The van der Waals surface area contributed by atoms with E-state index in [0.717, 1.165) is 98.7 Å². The van der Waals surface area contributed by atoms with Crippen molar-refractivity contribution in [2.75, 3.05) is 0 Å². The Balaban J connectivity index is 0.951. The van der Waals surface area contributed by atoms with E-state index in [1.807, 2.05) is 0 Å². The lowest BCUT2D eigenvalue weighted by Gasteiger charge is -2.30. The Labute approximate surface area is 443 Å². The zero-order valence-electron chi connectivity index (χ0n) is 41.4. The molecular weight excluding hydrogens is 937 g/mol. The van der Waals surface area contributed by atoms with Crippen LogP contribution in [-0.2, 0) is 5.41 Å². The highest BCUT2D eigenvalue weighted by atomic mass is 15.0. The number of rotatable bonds is 6. The van der Waals surface area contributed by atoms with E-state index in [9.17, 15) is 0 Å². The number of aromatic nitrogens is 6. The monoisotopic (exact) mass is 978 g/mol. The third-order valence-electron chi connectivity index (χ3n) is 16.0. The molecule has 14 aromatic rings. The second-order valence-corrected chi connectivity index (χ2v) is 20.0. The van der Waals surface area contributed by atoms with Gasteiger partial charge in [-0.25, -0.2) is 29.9 Å². The van der Waals surface area contributed by atoms with Gasteiger partial charge in [-0.15, -0.1) is 0 Å². The first-order valence-electron chi connectivity index (χ1n) is 26.1. The van der Waals surface area contributed by atoms with Gasteiger partial charge in [0.1, 0.15) is 0 Å². The maximum atomic E-state index is 5.50. The van der Waals surface area contributed by atoms with Crippen LogP contribution < -0.4 is 0 Å². The van der Waals surface area contributed by atoms with Gasteiger partial charge in [-0.3, -0.25) is 0 Å². The Morgan fingerprint density at radius 1 is 0.182 bits per heavy atom. The molecule has 2 aliphatic carbocycles. The molecule has 2 heterocycles. The molecule has 1 spiro atoms. The Hall–Kier alpha value is -10.3. The Bertz CT molecular complexity index is 4270. The van der Waals surface area contributed by atoms with Crippen LogP contribution in [-0.4, -0.2) is 29.9 Å². The van der Waals surface area contributed by atoms with Crippen molar-refractivity contribution < 1.29 is 0 Å². The van der Waals surface area contributed by atoms with Gasteiger partial charge < -0.3 is 0 Å². The van der Waals surface area contributed by atoms with Gasteiger partial charge in [0.2, 0.25) is 0 Å². The number of hydrogen-bond acceptors (Lipinski definition) is 6. The molecule has 0 saturated heterocycles. The zero-order chi connectivity index (χ0) is 50.6. The van der Waals surface area contributed by atoms with Gasteiger partial charge in [0, 0.05) is 33.4 Å². The SMILES string of the molecule is c1ccc2c(c1)-c1c(-c3nc(-c4cccc5ccccc45)nc(-c4cccc5ccccc45)n3)cccc1C21c2ccccc2-c2c(-c3nc(-c4cccc5ccccc45)nc(-c4cccc5ccccc45)n3)cccc21. The summed E-state index contributed by atoms with van der Waals surface area (Å²) in [4.78, 5) is 32.7. The Morgan fingerprint density at radius 2 is 0.403 bits per heavy atom. The molecule has 0 N–H and O–H groups in total. The molecule has 0 amide bonds. The summed E-state index contributed by atoms with van der Waals surface area (Å²) in [5.41, 5.74) is 14.2. The number of benzene rings is 12. The van der Waals surface area contributed by atoms with E-state index in [1.54, 1.807) is 0 Å². The van der Waals surface area contributed by atoms with Crippen molar-refractivity contribution in [3.63, 3.8) is 0 Å². The van der Waals surface area contributed by atoms with E-state index < -0.39 is 5.41 Å². The lowest BCUT2D eigenvalue weighted by Crippen LogP contribution is -2.25. The average molecular weight is 979 g/mol. The topological polar surface area (TPSA) is 77.3 Å². The normalized spacial score (nSPS) is 12.8. The first-order chi connectivity index (χ1) is 38.2. The van der Waals surface area contributed by atoms with Crippen LogP contribution in [0, 0.1) is 0 Å². The van der Waals surface area contributed by atoms with Crippen LogP contribution in [0.25, 0.3) is 134 Å². The first kappa shape index (κ1) is 43.1. The Kier molecular flexibility index (Phi) is 9.45. The quantitative estimate of drug-likeness (QED) is 0.165.